The Bertz CT molecular complexity index is 527. The van der Waals surface area contributed by atoms with Crippen molar-refractivity contribution in [3.8, 4) is 0 Å². The lowest BCUT2D eigenvalue weighted by Crippen LogP contribution is -2.05. The molecule has 1 heterocycles. The molecule has 0 spiro atoms. The number of nitrogens with zero attached hydrogens (tertiary/aromatic N) is 3. The van der Waals surface area contributed by atoms with Crippen molar-refractivity contribution in [1.82, 2.24) is 14.8 Å². The summed E-state index contributed by atoms with van der Waals surface area (Å²) in [4.78, 5) is 0. The Morgan fingerprint density at radius 3 is 2.89 bits per heavy atom. The molecular weight excluding hydrogens is 312 g/mol. The van der Waals surface area contributed by atoms with Gasteiger partial charge in [-0.05, 0) is 25.1 Å². The van der Waals surface area contributed by atoms with Gasteiger partial charge >= 0.3 is 0 Å². The second kappa shape index (κ2) is 6.24. The van der Waals surface area contributed by atoms with Crippen LogP contribution in [0.2, 0.25) is 0 Å². The number of halogens is 1. The van der Waals surface area contributed by atoms with Gasteiger partial charge in [0.25, 0.3) is 0 Å². The van der Waals surface area contributed by atoms with Crippen LogP contribution in [0.25, 0.3) is 0 Å². The van der Waals surface area contributed by atoms with Gasteiger partial charge in [-0.15, -0.1) is 10.2 Å². The molecule has 0 aliphatic heterocycles. The predicted molar refractivity (Wildman–Crippen MR) is 79.1 cm³/mol. The number of nitrogens with one attached hydrogen (secondary N) is 1. The molecule has 6 heteroatoms. The summed E-state index contributed by atoms with van der Waals surface area (Å²) in [5.41, 5.74) is 1.12. The molecule has 0 aliphatic carbocycles. The zero-order valence-electron chi connectivity index (χ0n) is 10.4. The topological polar surface area (TPSA) is 42.7 Å². The summed E-state index contributed by atoms with van der Waals surface area (Å²) in [6, 6.07) is 8.16. The van der Waals surface area contributed by atoms with Crippen LogP contribution in [0.3, 0.4) is 0 Å². The average Bonchev–Trinajstić information content (AvgIpc) is 2.66. The van der Waals surface area contributed by atoms with Crippen molar-refractivity contribution in [3.05, 3.63) is 34.6 Å². The minimum atomic E-state index is 0.896. The third kappa shape index (κ3) is 3.49. The van der Waals surface area contributed by atoms with Crippen molar-refractivity contribution in [3.63, 3.8) is 0 Å². The van der Waals surface area contributed by atoms with Gasteiger partial charge in [-0.25, -0.2) is 0 Å². The van der Waals surface area contributed by atoms with Crippen LogP contribution >= 0.6 is 27.7 Å². The fourth-order valence-corrected chi connectivity index (χ4v) is 2.66. The van der Waals surface area contributed by atoms with E-state index in [-0.39, 0.29) is 0 Å². The molecule has 0 radical (unpaired) electrons. The summed E-state index contributed by atoms with van der Waals surface area (Å²) in [6.45, 7) is 2.85. The van der Waals surface area contributed by atoms with Gasteiger partial charge in [-0.3, -0.25) is 0 Å². The summed E-state index contributed by atoms with van der Waals surface area (Å²) in [7, 11) is 1.99. The Balaban J connectivity index is 1.78. The molecule has 18 heavy (non-hydrogen) atoms. The summed E-state index contributed by atoms with van der Waals surface area (Å²) >= 11 is 5.16. The summed E-state index contributed by atoms with van der Waals surface area (Å²) in [6.07, 6.45) is 0. The Kier molecular flexibility index (Phi) is 4.66. The van der Waals surface area contributed by atoms with Gasteiger partial charge in [0.05, 0.1) is 0 Å². The zero-order chi connectivity index (χ0) is 13.0. The summed E-state index contributed by atoms with van der Waals surface area (Å²) in [5.74, 6) is 1.90. The van der Waals surface area contributed by atoms with Crippen LogP contribution in [-0.4, -0.2) is 27.1 Å². The first-order valence-electron chi connectivity index (χ1n) is 5.65. The van der Waals surface area contributed by atoms with Crippen molar-refractivity contribution in [2.45, 2.75) is 12.1 Å². The molecule has 0 fully saturated rings. The molecule has 1 aromatic heterocycles. The molecule has 0 unspecified atom stereocenters. The Hall–Kier alpha value is -1.01. The average molecular weight is 327 g/mol. The molecule has 4 nitrogen and oxygen atoms in total. The van der Waals surface area contributed by atoms with Crippen LogP contribution in [0.1, 0.15) is 5.82 Å². The molecule has 2 rings (SSSR count). The SMILES string of the molecule is Cc1nnc(SCCNc2cccc(Br)c2)n1C. The smallest absolute Gasteiger partial charge is 0.191 e. The van der Waals surface area contributed by atoms with E-state index in [2.05, 4.69) is 43.6 Å². The molecule has 1 aromatic carbocycles. The van der Waals surface area contributed by atoms with E-state index >= 15 is 0 Å². The minimum absolute atomic E-state index is 0.896. The van der Waals surface area contributed by atoms with E-state index in [1.807, 2.05) is 30.7 Å². The van der Waals surface area contributed by atoms with Gasteiger partial charge in [-0.2, -0.15) is 0 Å². The molecule has 2 aromatic rings. The highest BCUT2D eigenvalue weighted by molar-refractivity contribution is 9.10. The highest BCUT2D eigenvalue weighted by Gasteiger charge is 2.04. The van der Waals surface area contributed by atoms with Crippen molar-refractivity contribution in [2.24, 2.45) is 7.05 Å². The number of thioether (sulfide) groups is 1. The van der Waals surface area contributed by atoms with E-state index in [4.69, 9.17) is 0 Å². The normalized spacial score (nSPS) is 10.6. The van der Waals surface area contributed by atoms with Gasteiger partial charge in [-0.1, -0.05) is 33.8 Å². The van der Waals surface area contributed by atoms with Crippen molar-refractivity contribution in [1.29, 1.82) is 0 Å². The number of hydrogen-bond acceptors (Lipinski definition) is 4. The van der Waals surface area contributed by atoms with Crippen LogP contribution < -0.4 is 5.32 Å². The lowest BCUT2D eigenvalue weighted by atomic mass is 10.3. The number of rotatable bonds is 5. The molecule has 0 aliphatic rings. The Morgan fingerprint density at radius 1 is 1.39 bits per heavy atom. The van der Waals surface area contributed by atoms with Gasteiger partial charge in [0.15, 0.2) is 5.16 Å². The number of aryl methyl sites for hydroxylation is 1. The first kappa shape index (κ1) is 13.4. The van der Waals surface area contributed by atoms with Crippen LogP contribution in [0.5, 0.6) is 0 Å². The number of benzene rings is 1. The standard InChI is InChI=1S/C12H15BrN4S/c1-9-15-16-12(17(9)2)18-7-6-14-11-5-3-4-10(13)8-11/h3-5,8,14H,6-7H2,1-2H3. The minimum Gasteiger partial charge on any atom is -0.384 e. The summed E-state index contributed by atoms with van der Waals surface area (Å²) in [5, 5.41) is 12.5. The second-order valence-corrected chi connectivity index (χ2v) is 5.85. The molecule has 0 saturated carbocycles. The highest BCUT2D eigenvalue weighted by Crippen LogP contribution is 2.17. The van der Waals surface area contributed by atoms with Crippen molar-refractivity contribution >= 4 is 33.4 Å². The number of anilines is 1. The fraction of sp³-hybridized carbons (Fsp3) is 0.333. The molecule has 0 amide bonds. The van der Waals surface area contributed by atoms with Crippen molar-refractivity contribution in [2.75, 3.05) is 17.6 Å². The van der Waals surface area contributed by atoms with Gasteiger partial charge in [0.2, 0.25) is 0 Å². The Labute approximate surface area is 119 Å². The molecule has 0 bridgehead atoms. The van der Waals surface area contributed by atoms with E-state index in [1.165, 1.54) is 0 Å². The Morgan fingerprint density at radius 2 is 2.22 bits per heavy atom. The fourth-order valence-electron chi connectivity index (χ4n) is 1.45. The van der Waals surface area contributed by atoms with Crippen molar-refractivity contribution < 1.29 is 0 Å². The van der Waals surface area contributed by atoms with Crippen LogP contribution in [0.4, 0.5) is 5.69 Å². The zero-order valence-corrected chi connectivity index (χ0v) is 12.8. The monoisotopic (exact) mass is 326 g/mol. The van der Waals surface area contributed by atoms with Crippen LogP contribution in [-0.2, 0) is 7.05 Å². The summed E-state index contributed by atoms with van der Waals surface area (Å²) < 4.78 is 3.09. The van der Waals surface area contributed by atoms with E-state index in [9.17, 15) is 0 Å². The lowest BCUT2D eigenvalue weighted by Gasteiger charge is -2.06. The molecule has 0 saturated heterocycles. The third-order valence-corrected chi connectivity index (χ3v) is 4.05. The van der Waals surface area contributed by atoms with Gasteiger partial charge in [0, 0.05) is 29.5 Å². The van der Waals surface area contributed by atoms with Crippen LogP contribution in [0.15, 0.2) is 33.9 Å². The second-order valence-electron chi connectivity index (χ2n) is 3.87. The van der Waals surface area contributed by atoms with Gasteiger partial charge < -0.3 is 9.88 Å². The van der Waals surface area contributed by atoms with E-state index in [0.29, 0.717) is 0 Å². The van der Waals surface area contributed by atoms with E-state index < -0.39 is 0 Å². The van der Waals surface area contributed by atoms with E-state index in [0.717, 1.165) is 33.4 Å². The molecule has 1 N–H and O–H groups in total. The quantitative estimate of drug-likeness (QED) is 0.677. The lowest BCUT2D eigenvalue weighted by molar-refractivity contribution is 0.765. The molecular formula is C12H15BrN4S. The maximum atomic E-state index is 4.11. The first-order valence-corrected chi connectivity index (χ1v) is 7.43. The predicted octanol–water partition coefficient (Wildman–Crippen LogP) is 3.09. The highest BCUT2D eigenvalue weighted by atomic mass is 79.9. The van der Waals surface area contributed by atoms with Gasteiger partial charge in [0.1, 0.15) is 5.82 Å². The molecule has 96 valence electrons. The maximum Gasteiger partial charge on any atom is 0.191 e. The number of hydrogen-bond donors (Lipinski definition) is 1. The maximum absolute atomic E-state index is 4.11. The largest absolute Gasteiger partial charge is 0.384 e. The van der Waals surface area contributed by atoms with Crippen LogP contribution in [0, 0.1) is 6.92 Å². The van der Waals surface area contributed by atoms with E-state index in [1.54, 1.807) is 11.8 Å². The first-order chi connectivity index (χ1) is 8.66. The molecule has 0 atom stereocenters. The third-order valence-electron chi connectivity index (χ3n) is 2.54. The number of aromatic nitrogens is 3.